The number of furan rings is 1. The maximum Gasteiger partial charge on any atom is 0.338 e. The molecule has 2 aromatic heterocycles. The summed E-state index contributed by atoms with van der Waals surface area (Å²) in [5, 5.41) is 0.416. The Bertz CT molecular complexity index is 1850. The van der Waals surface area contributed by atoms with Crippen LogP contribution in [0.2, 0.25) is 5.02 Å². The molecular formula is C29H23ClN2O7S. The van der Waals surface area contributed by atoms with E-state index in [1.54, 1.807) is 67.6 Å². The number of rotatable bonds is 6. The zero-order valence-electron chi connectivity index (χ0n) is 21.9. The number of esters is 2. The number of halogens is 1. The van der Waals surface area contributed by atoms with Crippen LogP contribution in [0.3, 0.4) is 0 Å². The Morgan fingerprint density at radius 2 is 1.75 bits per heavy atom. The first-order valence-corrected chi connectivity index (χ1v) is 13.2. The molecule has 1 atom stereocenters. The number of nitrogens with zero attached hydrogens (tertiary/aromatic N) is 2. The summed E-state index contributed by atoms with van der Waals surface area (Å²) >= 11 is 7.48. The van der Waals surface area contributed by atoms with Crippen molar-refractivity contribution in [2.75, 3.05) is 21.3 Å². The molecule has 4 aromatic rings. The minimum atomic E-state index is -0.875. The molecule has 0 N–H and O–H groups in total. The SMILES string of the molecule is COC(=O)C1=C(C)N=c2s/c(=C\c3ccc(-c4ccc(C(=O)OC)cc4)o3)c(=O)n2[C@@H]1c1cc(Cl)ccc1OC. The molecule has 0 aliphatic carbocycles. The third-order valence-corrected chi connectivity index (χ3v) is 7.62. The van der Waals surface area contributed by atoms with Crippen LogP contribution in [0, 0.1) is 0 Å². The topological polar surface area (TPSA) is 109 Å². The summed E-state index contributed by atoms with van der Waals surface area (Å²) in [5.74, 6) is 0.408. The molecule has 9 nitrogen and oxygen atoms in total. The molecule has 0 saturated carbocycles. The first-order chi connectivity index (χ1) is 19.2. The second kappa shape index (κ2) is 11.0. The van der Waals surface area contributed by atoms with E-state index in [0.29, 0.717) is 48.5 Å². The number of ether oxygens (including phenoxy) is 3. The molecule has 2 aromatic carbocycles. The van der Waals surface area contributed by atoms with Gasteiger partial charge in [-0.15, -0.1) is 0 Å². The Hall–Kier alpha value is -4.41. The molecule has 5 rings (SSSR count). The zero-order valence-corrected chi connectivity index (χ0v) is 23.5. The fraction of sp³-hybridized carbons (Fsp3) is 0.172. The number of carbonyl (C=O) groups excluding carboxylic acids is 2. The summed E-state index contributed by atoms with van der Waals surface area (Å²) in [6.07, 6.45) is 1.62. The number of carbonyl (C=O) groups is 2. The van der Waals surface area contributed by atoms with Gasteiger partial charge in [0.05, 0.1) is 42.7 Å². The van der Waals surface area contributed by atoms with Crippen molar-refractivity contribution >= 4 is 41.0 Å². The second-order valence-electron chi connectivity index (χ2n) is 8.73. The monoisotopic (exact) mass is 578 g/mol. The van der Waals surface area contributed by atoms with E-state index in [-0.39, 0.29) is 11.1 Å². The highest BCUT2D eigenvalue weighted by Crippen LogP contribution is 2.37. The number of aromatic nitrogens is 1. The maximum absolute atomic E-state index is 13.8. The smallest absolute Gasteiger partial charge is 0.338 e. The van der Waals surface area contributed by atoms with E-state index in [2.05, 4.69) is 4.99 Å². The Balaban J connectivity index is 1.61. The Morgan fingerprint density at radius 3 is 2.42 bits per heavy atom. The van der Waals surface area contributed by atoms with E-state index in [1.165, 1.54) is 37.2 Å². The van der Waals surface area contributed by atoms with Crippen LogP contribution in [0.25, 0.3) is 17.4 Å². The van der Waals surface area contributed by atoms with Crippen molar-refractivity contribution in [3.8, 4) is 17.1 Å². The normalized spacial score (nSPS) is 14.9. The van der Waals surface area contributed by atoms with Crippen LogP contribution in [0.4, 0.5) is 0 Å². The maximum atomic E-state index is 13.8. The molecule has 0 spiro atoms. The zero-order chi connectivity index (χ0) is 28.6. The van der Waals surface area contributed by atoms with Gasteiger partial charge in [0, 0.05) is 22.2 Å². The van der Waals surface area contributed by atoms with Gasteiger partial charge in [-0.1, -0.05) is 35.1 Å². The predicted molar refractivity (Wildman–Crippen MR) is 149 cm³/mol. The molecule has 0 bridgehead atoms. The molecule has 0 radical (unpaired) electrons. The number of hydrogen-bond acceptors (Lipinski definition) is 9. The van der Waals surface area contributed by atoms with Crippen molar-refractivity contribution < 1.29 is 28.2 Å². The largest absolute Gasteiger partial charge is 0.496 e. The van der Waals surface area contributed by atoms with Crippen molar-refractivity contribution in [1.29, 1.82) is 0 Å². The molecular weight excluding hydrogens is 556 g/mol. The molecule has 11 heteroatoms. The van der Waals surface area contributed by atoms with Crippen LogP contribution in [-0.2, 0) is 14.3 Å². The molecule has 3 heterocycles. The van der Waals surface area contributed by atoms with Crippen LogP contribution >= 0.6 is 22.9 Å². The third kappa shape index (κ3) is 4.87. The van der Waals surface area contributed by atoms with E-state index < -0.39 is 18.0 Å². The van der Waals surface area contributed by atoms with Gasteiger partial charge in [0.25, 0.3) is 5.56 Å². The highest BCUT2D eigenvalue weighted by atomic mass is 35.5. The minimum Gasteiger partial charge on any atom is -0.496 e. The molecule has 40 heavy (non-hydrogen) atoms. The Kier molecular flexibility index (Phi) is 7.46. The van der Waals surface area contributed by atoms with E-state index in [0.717, 1.165) is 5.56 Å². The fourth-order valence-corrected chi connectivity index (χ4v) is 5.72. The van der Waals surface area contributed by atoms with Crippen molar-refractivity contribution in [2.24, 2.45) is 4.99 Å². The molecule has 0 saturated heterocycles. The first kappa shape index (κ1) is 27.2. The van der Waals surface area contributed by atoms with Gasteiger partial charge in [0.2, 0.25) is 0 Å². The molecule has 1 aliphatic rings. The van der Waals surface area contributed by atoms with Gasteiger partial charge in [-0.3, -0.25) is 9.36 Å². The minimum absolute atomic E-state index is 0.206. The van der Waals surface area contributed by atoms with Crippen molar-refractivity contribution in [1.82, 2.24) is 4.57 Å². The standard InChI is InChI=1S/C29H23ClN2O7S/c1-15-24(28(35)38-4)25(20-13-18(30)9-11-22(20)36-2)32-26(33)23(40-29(32)31-15)14-19-10-12-21(39-19)16-5-7-17(8-6-16)27(34)37-3/h5-14,25H,1-4H3/b23-14-/t25-/m1/s1. The van der Waals surface area contributed by atoms with Gasteiger partial charge in [-0.25, -0.2) is 14.6 Å². The lowest BCUT2D eigenvalue weighted by atomic mass is 9.95. The number of hydrogen-bond donors (Lipinski definition) is 0. The van der Waals surface area contributed by atoms with Gasteiger partial charge in [-0.05, 0) is 49.4 Å². The summed E-state index contributed by atoms with van der Waals surface area (Å²) in [6.45, 7) is 1.69. The van der Waals surface area contributed by atoms with Gasteiger partial charge < -0.3 is 18.6 Å². The average Bonchev–Trinajstić information content (AvgIpc) is 3.55. The van der Waals surface area contributed by atoms with E-state index >= 15 is 0 Å². The van der Waals surface area contributed by atoms with E-state index in [1.807, 2.05) is 0 Å². The van der Waals surface area contributed by atoms with Crippen LogP contribution in [0.5, 0.6) is 5.75 Å². The lowest BCUT2D eigenvalue weighted by Gasteiger charge is -2.25. The Morgan fingerprint density at radius 1 is 1.02 bits per heavy atom. The first-order valence-electron chi connectivity index (χ1n) is 12.0. The highest BCUT2D eigenvalue weighted by Gasteiger charge is 2.35. The quantitative estimate of drug-likeness (QED) is 0.317. The van der Waals surface area contributed by atoms with Gasteiger partial charge >= 0.3 is 11.9 Å². The lowest BCUT2D eigenvalue weighted by Crippen LogP contribution is -2.40. The Labute approximate surface area is 237 Å². The lowest BCUT2D eigenvalue weighted by molar-refractivity contribution is -0.136. The van der Waals surface area contributed by atoms with Crippen molar-refractivity contribution in [3.05, 3.63) is 107 Å². The average molecular weight is 579 g/mol. The van der Waals surface area contributed by atoms with Crippen molar-refractivity contribution in [3.63, 3.8) is 0 Å². The summed E-state index contributed by atoms with van der Waals surface area (Å²) in [4.78, 5) is 43.4. The number of thiazole rings is 1. The molecule has 204 valence electrons. The summed E-state index contributed by atoms with van der Waals surface area (Å²) in [7, 11) is 4.10. The molecule has 0 unspecified atom stereocenters. The number of fused-ring (bicyclic) bond motifs is 1. The summed E-state index contributed by atoms with van der Waals surface area (Å²) in [6, 6.07) is 14.4. The van der Waals surface area contributed by atoms with Crippen LogP contribution in [0.1, 0.15) is 34.6 Å². The van der Waals surface area contributed by atoms with E-state index in [9.17, 15) is 14.4 Å². The fourth-order valence-electron chi connectivity index (χ4n) is 4.51. The van der Waals surface area contributed by atoms with Crippen molar-refractivity contribution in [2.45, 2.75) is 13.0 Å². The summed E-state index contributed by atoms with van der Waals surface area (Å²) in [5.41, 5.74) is 1.95. The van der Waals surface area contributed by atoms with E-state index in [4.69, 9.17) is 30.2 Å². The highest BCUT2D eigenvalue weighted by molar-refractivity contribution is 7.07. The predicted octanol–water partition coefficient (Wildman–Crippen LogP) is 4.12. The van der Waals surface area contributed by atoms with Gasteiger partial charge in [0.1, 0.15) is 23.3 Å². The number of benzene rings is 2. The third-order valence-electron chi connectivity index (χ3n) is 6.40. The van der Waals surface area contributed by atoms with Gasteiger partial charge in [0.15, 0.2) is 4.80 Å². The summed E-state index contributed by atoms with van der Waals surface area (Å²) < 4.78 is 23.1. The molecule has 1 aliphatic heterocycles. The van der Waals surface area contributed by atoms with Crippen LogP contribution < -0.4 is 19.6 Å². The number of methoxy groups -OCH3 is 3. The molecule has 0 fully saturated rings. The number of allylic oxidation sites excluding steroid dienone is 1. The van der Waals surface area contributed by atoms with Crippen LogP contribution in [0.15, 0.2) is 80.1 Å². The van der Waals surface area contributed by atoms with Gasteiger partial charge in [-0.2, -0.15) is 0 Å². The molecule has 0 amide bonds. The van der Waals surface area contributed by atoms with Crippen LogP contribution in [-0.4, -0.2) is 37.8 Å². The second-order valence-corrected chi connectivity index (χ2v) is 10.2.